The van der Waals surface area contributed by atoms with Gasteiger partial charge < -0.3 is 0 Å². The molecule has 0 amide bonds. The van der Waals surface area contributed by atoms with Gasteiger partial charge in [0.15, 0.2) is 0 Å². The number of hydrogen-bond acceptors (Lipinski definition) is 0. The molecule has 0 spiro atoms. The van der Waals surface area contributed by atoms with Crippen LogP contribution >= 0.6 is 11.6 Å². The summed E-state index contributed by atoms with van der Waals surface area (Å²) in [5.74, 6) is 2.29. The lowest BCUT2D eigenvalue weighted by atomic mass is 9.74. The summed E-state index contributed by atoms with van der Waals surface area (Å²) >= 11 is 5.60. The van der Waals surface area contributed by atoms with Crippen LogP contribution in [0.25, 0.3) is 0 Å². The molecule has 2 aromatic rings. The summed E-state index contributed by atoms with van der Waals surface area (Å²) in [6.07, 6.45) is 24.3. The summed E-state index contributed by atoms with van der Waals surface area (Å²) in [4.78, 5) is 0. The van der Waals surface area contributed by atoms with E-state index >= 15 is 0 Å². The standard InChI is InChI=1S/C35H49ClF2/c1-2-3-4-5-6-7-26-8-10-27(11-9-26)12-13-28-16-20-31(21-17-28)32-22-18-29(19-23-32)14-15-30-24-33(37)35(36)34(38)25-30/h18-19,22-28,31H,2-17,20-21H2,1H3. The number of benzene rings is 2. The van der Waals surface area contributed by atoms with Gasteiger partial charge in [-0.05, 0) is 91.0 Å². The van der Waals surface area contributed by atoms with Crippen LogP contribution in [-0.2, 0) is 12.8 Å². The molecule has 0 nitrogen and oxygen atoms in total. The van der Waals surface area contributed by atoms with E-state index in [1.807, 2.05) is 0 Å². The predicted octanol–water partition coefficient (Wildman–Crippen LogP) is 11.6. The van der Waals surface area contributed by atoms with Crippen molar-refractivity contribution in [1.82, 2.24) is 0 Å². The molecule has 2 aromatic carbocycles. The molecule has 0 atom stereocenters. The van der Waals surface area contributed by atoms with E-state index < -0.39 is 16.7 Å². The van der Waals surface area contributed by atoms with Crippen molar-refractivity contribution < 1.29 is 8.78 Å². The number of hydrogen-bond donors (Lipinski definition) is 0. The molecule has 0 N–H and O–H groups in total. The van der Waals surface area contributed by atoms with Crippen molar-refractivity contribution in [1.29, 1.82) is 0 Å². The number of aryl methyl sites for hydroxylation is 2. The highest BCUT2D eigenvalue weighted by molar-refractivity contribution is 6.30. The lowest BCUT2D eigenvalue weighted by Gasteiger charge is -2.32. The first kappa shape index (κ1) is 29.6. The molecule has 0 heterocycles. The van der Waals surface area contributed by atoms with E-state index in [1.165, 1.54) is 126 Å². The van der Waals surface area contributed by atoms with Crippen LogP contribution < -0.4 is 0 Å². The second kappa shape index (κ2) is 15.4. The molecular weight excluding hydrogens is 494 g/mol. The Morgan fingerprint density at radius 3 is 1.71 bits per heavy atom. The maximum atomic E-state index is 13.7. The van der Waals surface area contributed by atoms with E-state index in [-0.39, 0.29) is 0 Å². The third-order valence-electron chi connectivity index (χ3n) is 9.71. The van der Waals surface area contributed by atoms with Crippen molar-refractivity contribution >= 4 is 11.6 Å². The Bertz CT molecular complexity index is 929. The third kappa shape index (κ3) is 9.07. The van der Waals surface area contributed by atoms with E-state index in [9.17, 15) is 8.78 Å². The molecule has 210 valence electrons. The molecule has 0 radical (unpaired) electrons. The van der Waals surface area contributed by atoms with Gasteiger partial charge in [0.05, 0.1) is 0 Å². The molecule has 0 bridgehead atoms. The van der Waals surface area contributed by atoms with Crippen molar-refractivity contribution in [2.45, 2.75) is 128 Å². The largest absolute Gasteiger partial charge is 0.205 e. The number of unbranched alkanes of at least 4 members (excludes halogenated alkanes) is 4. The fraction of sp³-hybridized carbons (Fsp3) is 0.657. The zero-order chi connectivity index (χ0) is 26.7. The molecule has 4 rings (SSSR count). The van der Waals surface area contributed by atoms with Crippen molar-refractivity contribution in [2.75, 3.05) is 0 Å². The quantitative estimate of drug-likeness (QED) is 0.174. The Labute approximate surface area is 236 Å². The molecule has 38 heavy (non-hydrogen) atoms. The Morgan fingerprint density at radius 1 is 0.632 bits per heavy atom. The monoisotopic (exact) mass is 542 g/mol. The van der Waals surface area contributed by atoms with Gasteiger partial charge in [0.2, 0.25) is 0 Å². The highest BCUT2D eigenvalue weighted by atomic mass is 35.5. The van der Waals surface area contributed by atoms with Gasteiger partial charge in [-0.15, -0.1) is 0 Å². The summed E-state index contributed by atoms with van der Waals surface area (Å²) in [5, 5.41) is -0.418. The van der Waals surface area contributed by atoms with Gasteiger partial charge in [-0.3, -0.25) is 0 Å². The van der Waals surface area contributed by atoms with Gasteiger partial charge in [-0.25, -0.2) is 8.78 Å². The minimum atomic E-state index is -0.677. The topological polar surface area (TPSA) is 0 Å². The lowest BCUT2D eigenvalue weighted by Crippen LogP contribution is -2.18. The smallest absolute Gasteiger partial charge is 0.145 e. The molecule has 0 aromatic heterocycles. The molecular formula is C35H49ClF2. The van der Waals surface area contributed by atoms with Crippen LogP contribution in [0.15, 0.2) is 36.4 Å². The second-order valence-electron chi connectivity index (χ2n) is 12.5. The van der Waals surface area contributed by atoms with Gasteiger partial charge in [-0.2, -0.15) is 0 Å². The average Bonchev–Trinajstić information content (AvgIpc) is 2.95. The molecule has 3 heteroatoms. The first-order chi connectivity index (χ1) is 18.5. The normalized spacial score (nSPS) is 24.0. The molecule has 0 aliphatic heterocycles. The molecule has 2 aliphatic rings. The Morgan fingerprint density at radius 2 is 1.13 bits per heavy atom. The van der Waals surface area contributed by atoms with Gasteiger partial charge in [0.25, 0.3) is 0 Å². The third-order valence-corrected chi connectivity index (χ3v) is 10.1. The minimum Gasteiger partial charge on any atom is -0.205 e. The summed E-state index contributed by atoms with van der Waals surface area (Å²) in [7, 11) is 0. The van der Waals surface area contributed by atoms with Crippen LogP contribution in [0, 0.1) is 29.4 Å². The van der Waals surface area contributed by atoms with Gasteiger partial charge in [0.1, 0.15) is 16.7 Å². The Balaban J connectivity index is 1.11. The zero-order valence-corrected chi connectivity index (χ0v) is 24.4. The van der Waals surface area contributed by atoms with Crippen LogP contribution in [0.2, 0.25) is 5.02 Å². The molecule has 2 saturated carbocycles. The van der Waals surface area contributed by atoms with Gasteiger partial charge in [-0.1, -0.05) is 120 Å². The number of rotatable bonds is 13. The van der Waals surface area contributed by atoms with Crippen LogP contribution in [0.5, 0.6) is 0 Å². The van der Waals surface area contributed by atoms with Crippen molar-refractivity contribution in [3.8, 4) is 0 Å². The summed E-state index contributed by atoms with van der Waals surface area (Å²) < 4.78 is 27.4. The van der Waals surface area contributed by atoms with Crippen LogP contribution in [0.3, 0.4) is 0 Å². The first-order valence-corrected chi connectivity index (χ1v) is 16.1. The second-order valence-corrected chi connectivity index (χ2v) is 12.9. The summed E-state index contributed by atoms with van der Waals surface area (Å²) in [5.41, 5.74) is 3.32. The van der Waals surface area contributed by atoms with Crippen molar-refractivity contribution in [3.63, 3.8) is 0 Å². The van der Waals surface area contributed by atoms with E-state index in [1.54, 1.807) is 0 Å². The fourth-order valence-electron chi connectivity index (χ4n) is 7.10. The van der Waals surface area contributed by atoms with Crippen LogP contribution in [-0.4, -0.2) is 0 Å². The first-order valence-electron chi connectivity index (χ1n) is 15.7. The van der Waals surface area contributed by atoms with Crippen LogP contribution in [0.1, 0.15) is 132 Å². The Hall–Kier alpha value is -1.41. The molecule has 2 fully saturated rings. The fourth-order valence-corrected chi connectivity index (χ4v) is 7.21. The van der Waals surface area contributed by atoms with E-state index in [0.29, 0.717) is 17.9 Å². The van der Waals surface area contributed by atoms with Crippen molar-refractivity contribution in [3.05, 3.63) is 69.7 Å². The zero-order valence-electron chi connectivity index (χ0n) is 23.6. The van der Waals surface area contributed by atoms with E-state index in [0.717, 1.165) is 24.2 Å². The minimum absolute atomic E-state index is 0.418. The van der Waals surface area contributed by atoms with E-state index in [4.69, 9.17) is 11.6 Å². The highest BCUT2D eigenvalue weighted by Crippen LogP contribution is 2.40. The maximum absolute atomic E-state index is 13.7. The highest BCUT2D eigenvalue weighted by Gasteiger charge is 2.25. The average molecular weight is 543 g/mol. The van der Waals surface area contributed by atoms with E-state index in [2.05, 4.69) is 31.2 Å². The molecule has 0 saturated heterocycles. The number of halogens is 3. The maximum Gasteiger partial charge on any atom is 0.145 e. The van der Waals surface area contributed by atoms with Gasteiger partial charge in [0, 0.05) is 0 Å². The molecule has 2 aliphatic carbocycles. The summed E-state index contributed by atoms with van der Waals surface area (Å²) in [6, 6.07) is 11.7. The Kier molecular flexibility index (Phi) is 12.0. The van der Waals surface area contributed by atoms with Crippen molar-refractivity contribution in [2.24, 2.45) is 17.8 Å². The SMILES string of the molecule is CCCCCCCC1CCC(CCC2CCC(c3ccc(CCc4cc(F)c(Cl)c(F)c4)cc3)CC2)CC1. The van der Waals surface area contributed by atoms with Gasteiger partial charge >= 0.3 is 0 Å². The predicted molar refractivity (Wildman–Crippen MR) is 158 cm³/mol. The summed E-state index contributed by atoms with van der Waals surface area (Å²) in [6.45, 7) is 2.30. The lowest BCUT2D eigenvalue weighted by molar-refractivity contribution is 0.222. The molecule has 0 unspecified atom stereocenters. The van der Waals surface area contributed by atoms with Crippen LogP contribution in [0.4, 0.5) is 8.78 Å².